The van der Waals surface area contributed by atoms with E-state index in [0.29, 0.717) is 12.5 Å². The van der Waals surface area contributed by atoms with Crippen molar-refractivity contribution in [1.82, 2.24) is 0 Å². The number of ether oxygens (including phenoxy) is 1. The third-order valence-corrected chi connectivity index (χ3v) is 12.7. The van der Waals surface area contributed by atoms with Crippen LogP contribution in [0.1, 0.15) is 310 Å². The van der Waals surface area contributed by atoms with Crippen LogP contribution in [-0.4, -0.2) is 12.6 Å². The first kappa shape index (κ1) is 55.2. The summed E-state index contributed by atoms with van der Waals surface area (Å²) in [5.74, 6) is 0.941. The van der Waals surface area contributed by atoms with Crippen molar-refractivity contribution in [2.45, 2.75) is 310 Å². The van der Waals surface area contributed by atoms with Crippen molar-refractivity contribution in [3.8, 4) is 0 Å². The minimum atomic E-state index is 0.109. The highest BCUT2D eigenvalue weighted by molar-refractivity contribution is 5.72. The van der Waals surface area contributed by atoms with Crippen molar-refractivity contribution >= 4 is 5.97 Å². The van der Waals surface area contributed by atoms with Gasteiger partial charge in [-0.1, -0.05) is 277 Å². The van der Waals surface area contributed by atoms with Crippen LogP contribution >= 0.6 is 0 Å². The molecule has 56 heavy (non-hydrogen) atoms. The average molecular weight is 787 g/mol. The maximum atomic E-state index is 13.7. The maximum absolute atomic E-state index is 13.7. The molecule has 2 unspecified atom stereocenters. The van der Waals surface area contributed by atoms with Crippen molar-refractivity contribution < 1.29 is 9.53 Å². The van der Waals surface area contributed by atoms with E-state index in [1.807, 2.05) is 0 Å². The van der Waals surface area contributed by atoms with Crippen LogP contribution in [0.3, 0.4) is 0 Å². The minimum Gasteiger partial charge on any atom is -0.465 e. The molecule has 0 spiro atoms. The van der Waals surface area contributed by atoms with Crippen LogP contribution in [0.15, 0.2) is 12.2 Å². The van der Waals surface area contributed by atoms with E-state index in [1.165, 1.54) is 263 Å². The molecule has 2 nitrogen and oxygen atoms in total. The fourth-order valence-electron chi connectivity index (χ4n) is 8.77. The number of carbonyl (C=O) groups is 1. The Morgan fingerprint density at radius 2 is 0.643 bits per heavy atom. The van der Waals surface area contributed by atoms with E-state index in [-0.39, 0.29) is 11.9 Å². The molecule has 0 heterocycles. The summed E-state index contributed by atoms with van der Waals surface area (Å²) in [4.78, 5) is 13.7. The molecule has 0 aliphatic carbocycles. The molecule has 2 heteroatoms. The Morgan fingerprint density at radius 1 is 0.357 bits per heavy atom. The first-order valence-corrected chi connectivity index (χ1v) is 26.5. The maximum Gasteiger partial charge on any atom is 0.308 e. The summed E-state index contributed by atoms with van der Waals surface area (Å²) in [6.07, 6.45) is 63.7. The molecule has 0 aromatic rings. The number of esters is 1. The predicted octanol–water partition coefficient (Wildman–Crippen LogP) is 19.6. The average Bonchev–Trinajstić information content (AvgIpc) is 3.20. The summed E-state index contributed by atoms with van der Waals surface area (Å²) in [6, 6.07) is 0. The Hall–Kier alpha value is -0.790. The number of rotatable bonds is 48. The number of allylic oxidation sites excluding steroid dienone is 2. The highest BCUT2D eigenvalue weighted by Crippen LogP contribution is 2.29. The molecule has 2 atom stereocenters. The van der Waals surface area contributed by atoms with E-state index < -0.39 is 0 Å². The molecular weight excluding hydrogens is 681 g/mol. The van der Waals surface area contributed by atoms with Crippen molar-refractivity contribution in [3.63, 3.8) is 0 Å². The van der Waals surface area contributed by atoms with E-state index in [1.54, 1.807) is 0 Å². The SMILES string of the molecule is CCCCCCCC/C=C\CCCCCCC(CC(CCCCCCCC)CCCCCCCCCC)C(=O)OCCCCCCCCCCCCCCCC. The van der Waals surface area contributed by atoms with Crippen molar-refractivity contribution in [2.24, 2.45) is 11.8 Å². The van der Waals surface area contributed by atoms with Crippen LogP contribution in [0.25, 0.3) is 0 Å². The van der Waals surface area contributed by atoms with Gasteiger partial charge in [0.25, 0.3) is 0 Å². The fourth-order valence-corrected chi connectivity index (χ4v) is 8.77. The quantitative estimate of drug-likeness (QED) is 0.0349. The van der Waals surface area contributed by atoms with E-state index in [2.05, 4.69) is 39.8 Å². The predicted molar refractivity (Wildman–Crippen MR) is 253 cm³/mol. The lowest BCUT2D eigenvalue weighted by Crippen LogP contribution is -2.22. The third-order valence-electron chi connectivity index (χ3n) is 12.7. The van der Waals surface area contributed by atoms with Gasteiger partial charge in [-0.05, 0) is 50.9 Å². The lowest BCUT2D eigenvalue weighted by molar-refractivity contribution is -0.149. The van der Waals surface area contributed by atoms with Gasteiger partial charge in [0.2, 0.25) is 0 Å². The Balaban J connectivity index is 4.76. The molecule has 0 fully saturated rings. The monoisotopic (exact) mass is 787 g/mol. The summed E-state index contributed by atoms with van der Waals surface area (Å²) in [5, 5.41) is 0. The number of unbranched alkanes of at least 4 members (excludes halogenated alkanes) is 35. The first-order valence-electron chi connectivity index (χ1n) is 26.5. The van der Waals surface area contributed by atoms with Gasteiger partial charge in [0.1, 0.15) is 0 Å². The Morgan fingerprint density at radius 3 is 1.00 bits per heavy atom. The molecule has 0 N–H and O–H groups in total. The number of hydrogen-bond acceptors (Lipinski definition) is 2. The van der Waals surface area contributed by atoms with Crippen LogP contribution in [-0.2, 0) is 9.53 Å². The normalized spacial score (nSPS) is 12.9. The number of hydrogen-bond donors (Lipinski definition) is 0. The van der Waals surface area contributed by atoms with E-state index in [9.17, 15) is 4.79 Å². The second-order valence-electron chi connectivity index (χ2n) is 18.4. The molecule has 0 radical (unpaired) electrons. The summed E-state index contributed by atoms with van der Waals surface area (Å²) in [6.45, 7) is 9.86. The van der Waals surface area contributed by atoms with Crippen LogP contribution in [0, 0.1) is 11.8 Å². The van der Waals surface area contributed by atoms with Gasteiger partial charge in [-0.15, -0.1) is 0 Å². The molecule has 0 aliphatic heterocycles. The van der Waals surface area contributed by atoms with Crippen molar-refractivity contribution in [1.29, 1.82) is 0 Å². The molecule has 0 aromatic carbocycles. The molecule has 0 amide bonds. The summed E-state index contributed by atoms with van der Waals surface area (Å²) < 4.78 is 6.09. The second kappa shape index (κ2) is 48.6. The molecule has 334 valence electrons. The zero-order chi connectivity index (χ0) is 40.7. The van der Waals surface area contributed by atoms with Crippen LogP contribution in [0.4, 0.5) is 0 Å². The lowest BCUT2D eigenvalue weighted by atomic mass is 9.84. The molecule has 0 aromatic heterocycles. The molecule has 0 bridgehead atoms. The zero-order valence-electron chi connectivity index (χ0n) is 39.4. The summed E-state index contributed by atoms with van der Waals surface area (Å²) >= 11 is 0. The highest BCUT2D eigenvalue weighted by Gasteiger charge is 2.24. The van der Waals surface area contributed by atoms with Crippen LogP contribution < -0.4 is 0 Å². The van der Waals surface area contributed by atoms with Gasteiger partial charge in [-0.2, -0.15) is 0 Å². The Kier molecular flexibility index (Phi) is 47.9. The van der Waals surface area contributed by atoms with Gasteiger partial charge in [0.15, 0.2) is 0 Å². The molecule has 0 rings (SSSR count). The van der Waals surface area contributed by atoms with Gasteiger partial charge in [-0.3, -0.25) is 4.79 Å². The van der Waals surface area contributed by atoms with Crippen LogP contribution in [0.2, 0.25) is 0 Å². The topological polar surface area (TPSA) is 26.3 Å². The van der Waals surface area contributed by atoms with Gasteiger partial charge >= 0.3 is 5.97 Å². The highest BCUT2D eigenvalue weighted by atomic mass is 16.5. The Labute approximate surface area is 355 Å². The largest absolute Gasteiger partial charge is 0.465 e. The molecule has 0 saturated heterocycles. The minimum absolute atomic E-state index is 0.109. The molecule has 0 aliphatic rings. The molecule has 0 saturated carbocycles. The van der Waals surface area contributed by atoms with Gasteiger partial charge in [0.05, 0.1) is 12.5 Å². The van der Waals surface area contributed by atoms with Crippen molar-refractivity contribution in [3.05, 3.63) is 12.2 Å². The summed E-state index contributed by atoms with van der Waals surface area (Å²) in [7, 11) is 0. The fraction of sp³-hybridized carbons (Fsp3) is 0.944. The first-order chi connectivity index (χ1) is 27.7. The third kappa shape index (κ3) is 42.8. The standard InChI is InChI=1S/C54H106O2/c1-5-9-13-17-21-24-26-28-30-32-34-37-41-45-49-53(54(55)56-50-46-42-38-35-33-31-29-27-25-22-18-14-10-6-2)51-52(47-43-39-20-16-12-8-4)48-44-40-36-23-19-15-11-7-3/h28,30,52-53H,5-27,29,31-51H2,1-4H3/b30-28-. The second-order valence-corrected chi connectivity index (χ2v) is 18.4. The Bertz CT molecular complexity index is 758. The van der Waals surface area contributed by atoms with Crippen molar-refractivity contribution in [2.75, 3.05) is 6.61 Å². The van der Waals surface area contributed by atoms with Gasteiger partial charge < -0.3 is 4.74 Å². The smallest absolute Gasteiger partial charge is 0.308 e. The molecular formula is C54H106O2. The van der Waals surface area contributed by atoms with E-state index in [4.69, 9.17) is 4.74 Å². The van der Waals surface area contributed by atoms with E-state index in [0.717, 1.165) is 19.3 Å². The summed E-state index contributed by atoms with van der Waals surface area (Å²) in [5.41, 5.74) is 0. The number of carbonyl (C=O) groups excluding carboxylic acids is 1. The van der Waals surface area contributed by atoms with Gasteiger partial charge in [0, 0.05) is 0 Å². The zero-order valence-corrected chi connectivity index (χ0v) is 39.4. The van der Waals surface area contributed by atoms with E-state index >= 15 is 0 Å². The van der Waals surface area contributed by atoms with Crippen LogP contribution in [0.5, 0.6) is 0 Å². The lowest BCUT2D eigenvalue weighted by Gasteiger charge is -2.23. The van der Waals surface area contributed by atoms with Gasteiger partial charge in [-0.25, -0.2) is 0 Å².